The third-order valence-electron chi connectivity index (χ3n) is 2.87. The molecule has 0 aliphatic carbocycles. The second kappa shape index (κ2) is 5.16. The predicted octanol–water partition coefficient (Wildman–Crippen LogP) is 1.39. The second-order valence-electron chi connectivity index (χ2n) is 4.67. The van der Waals surface area contributed by atoms with Crippen molar-refractivity contribution in [1.82, 2.24) is 10.3 Å². The number of rotatable bonds is 3. The molecular formula is C13H16N2O3. The third-order valence-corrected chi connectivity index (χ3v) is 2.87. The first-order valence-electron chi connectivity index (χ1n) is 6.01. The number of nitrogens with zero attached hydrogens (tertiary/aromatic N) is 1. The predicted molar refractivity (Wildman–Crippen MR) is 65.1 cm³/mol. The number of carbonyl (C=O) groups is 2. The van der Waals surface area contributed by atoms with E-state index in [1.165, 1.54) is 0 Å². The Kier molecular flexibility index (Phi) is 3.60. The highest BCUT2D eigenvalue weighted by Gasteiger charge is 2.28. The molecule has 0 spiro atoms. The molecule has 1 aromatic heterocycles. The van der Waals surface area contributed by atoms with Crippen LogP contribution in [0.15, 0.2) is 18.5 Å². The summed E-state index contributed by atoms with van der Waals surface area (Å²) in [5.74, 6) is 0.300. The number of amides is 2. The van der Waals surface area contributed by atoms with E-state index in [1.807, 2.05) is 6.07 Å². The molecule has 2 rings (SSSR count). The first-order chi connectivity index (χ1) is 8.56. The maximum Gasteiger partial charge on any atom is 0.267 e. The lowest BCUT2D eigenvalue weighted by Crippen LogP contribution is -2.46. The number of hydrogen-bond donors (Lipinski definition) is 1. The fourth-order valence-corrected chi connectivity index (χ4v) is 1.77. The van der Waals surface area contributed by atoms with E-state index in [0.29, 0.717) is 24.5 Å². The van der Waals surface area contributed by atoms with E-state index in [4.69, 9.17) is 4.74 Å². The molecule has 18 heavy (non-hydrogen) atoms. The van der Waals surface area contributed by atoms with E-state index in [9.17, 15) is 9.59 Å². The van der Waals surface area contributed by atoms with Gasteiger partial charge in [-0.1, -0.05) is 13.8 Å². The molecule has 1 unspecified atom stereocenters. The summed E-state index contributed by atoms with van der Waals surface area (Å²) in [6.07, 6.45) is 3.48. The van der Waals surface area contributed by atoms with Crippen LogP contribution in [-0.4, -0.2) is 22.9 Å². The van der Waals surface area contributed by atoms with Crippen molar-refractivity contribution >= 4 is 11.8 Å². The molecule has 5 heteroatoms. The summed E-state index contributed by atoms with van der Waals surface area (Å²) in [5.41, 5.74) is 1.06. The van der Waals surface area contributed by atoms with Gasteiger partial charge in [0, 0.05) is 19.0 Å². The molecule has 0 radical (unpaired) electrons. The smallest absolute Gasteiger partial charge is 0.267 e. The molecule has 5 nitrogen and oxygen atoms in total. The SMILES string of the molecule is CC(C)c1cncc(OC2CCC(=O)NC2=O)c1. The normalized spacial score (nSPS) is 19.8. The van der Waals surface area contributed by atoms with Gasteiger partial charge in [0.2, 0.25) is 5.91 Å². The van der Waals surface area contributed by atoms with Crippen LogP contribution in [-0.2, 0) is 9.59 Å². The van der Waals surface area contributed by atoms with Gasteiger partial charge >= 0.3 is 0 Å². The molecule has 1 saturated heterocycles. The number of imide groups is 1. The average Bonchev–Trinajstić information content (AvgIpc) is 2.33. The Balaban J connectivity index is 2.07. The van der Waals surface area contributed by atoms with Crippen LogP contribution in [0.3, 0.4) is 0 Å². The van der Waals surface area contributed by atoms with E-state index >= 15 is 0 Å². The third kappa shape index (κ3) is 2.85. The molecular weight excluding hydrogens is 232 g/mol. The summed E-state index contributed by atoms with van der Waals surface area (Å²) in [4.78, 5) is 26.7. The quantitative estimate of drug-likeness (QED) is 0.821. The zero-order valence-electron chi connectivity index (χ0n) is 10.5. The van der Waals surface area contributed by atoms with E-state index in [1.54, 1.807) is 12.4 Å². The van der Waals surface area contributed by atoms with Gasteiger partial charge in [-0.25, -0.2) is 0 Å². The minimum Gasteiger partial charge on any atom is -0.479 e. The molecule has 1 aliphatic heterocycles. The lowest BCUT2D eigenvalue weighted by atomic mass is 10.1. The van der Waals surface area contributed by atoms with Crippen LogP contribution in [0.2, 0.25) is 0 Å². The largest absolute Gasteiger partial charge is 0.479 e. The molecule has 1 fully saturated rings. The van der Waals surface area contributed by atoms with Gasteiger partial charge in [-0.05, 0) is 17.5 Å². The van der Waals surface area contributed by atoms with Crippen LogP contribution < -0.4 is 10.1 Å². The highest BCUT2D eigenvalue weighted by Crippen LogP contribution is 2.21. The molecule has 1 aromatic rings. The molecule has 0 aromatic carbocycles. The van der Waals surface area contributed by atoms with Crippen LogP contribution in [0.1, 0.15) is 38.2 Å². The Morgan fingerprint density at radius 2 is 2.17 bits per heavy atom. The summed E-state index contributed by atoms with van der Waals surface area (Å²) in [6, 6.07) is 1.88. The van der Waals surface area contributed by atoms with Crippen molar-refractivity contribution in [3.8, 4) is 5.75 Å². The number of nitrogens with one attached hydrogen (secondary N) is 1. The van der Waals surface area contributed by atoms with E-state index < -0.39 is 6.10 Å². The number of hydrogen-bond acceptors (Lipinski definition) is 4. The van der Waals surface area contributed by atoms with Crippen molar-refractivity contribution in [2.75, 3.05) is 0 Å². The summed E-state index contributed by atoms with van der Waals surface area (Å²) in [6.45, 7) is 4.12. The van der Waals surface area contributed by atoms with E-state index in [-0.39, 0.29) is 11.8 Å². The summed E-state index contributed by atoms with van der Waals surface area (Å²) < 4.78 is 5.58. The average molecular weight is 248 g/mol. The zero-order valence-corrected chi connectivity index (χ0v) is 10.5. The van der Waals surface area contributed by atoms with Crippen molar-refractivity contribution in [3.05, 3.63) is 24.0 Å². The van der Waals surface area contributed by atoms with Gasteiger partial charge in [-0.2, -0.15) is 0 Å². The Labute approximate surface area is 106 Å². The molecule has 0 bridgehead atoms. The molecule has 1 N–H and O–H groups in total. The molecule has 2 heterocycles. The summed E-state index contributed by atoms with van der Waals surface area (Å²) in [7, 11) is 0. The fraction of sp³-hybridized carbons (Fsp3) is 0.462. The number of carbonyl (C=O) groups excluding carboxylic acids is 2. The number of aromatic nitrogens is 1. The van der Waals surface area contributed by atoms with Gasteiger partial charge in [0.1, 0.15) is 5.75 Å². The zero-order chi connectivity index (χ0) is 13.1. The number of piperidine rings is 1. The van der Waals surface area contributed by atoms with Crippen molar-refractivity contribution in [2.24, 2.45) is 0 Å². The standard InChI is InChI=1S/C13H16N2O3/c1-8(2)9-5-10(7-14-6-9)18-11-3-4-12(16)15-13(11)17/h5-8,11H,3-4H2,1-2H3,(H,15,16,17). The van der Waals surface area contributed by atoms with Gasteiger partial charge in [0.05, 0.1) is 6.20 Å². The Hall–Kier alpha value is -1.91. The fourth-order valence-electron chi connectivity index (χ4n) is 1.77. The van der Waals surface area contributed by atoms with Crippen molar-refractivity contribution in [1.29, 1.82) is 0 Å². The Bertz CT molecular complexity index is 471. The van der Waals surface area contributed by atoms with Gasteiger partial charge in [0.15, 0.2) is 6.10 Å². The lowest BCUT2D eigenvalue weighted by Gasteiger charge is -2.22. The minimum atomic E-state index is -0.605. The van der Waals surface area contributed by atoms with Gasteiger partial charge in [0.25, 0.3) is 5.91 Å². The molecule has 96 valence electrons. The molecule has 1 aliphatic rings. The Morgan fingerprint density at radius 3 is 2.83 bits per heavy atom. The van der Waals surface area contributed by atoms with Crippen LogP contribution in [0.25, 0.3) is 0 Å². The van der Waals surface area contributed by atoms with Gasteiger partial charge in [-0.15, -0.1) is 0 Å². The summed E-state index contributed by atoms with van der Waals surface area (Å²) >= 11 is 0. The summed E-state index contributed by atoms with van der Waals surface area (Å²) in [5, 5.41) is 2.26. The number of ether oxygens (including phenoxy) is 1. The van der Waals surface area contributed by atoms with Crippen molar-refractivity contribution in [3.63, 3.8) is 0 Å². The second-order valence-corrected chi connectivity index (χ2v) is 4.67. The van der Waals surface area contributed by atoms with E-state index in [0.717, 1.165) is 5.56 Å². The van der Waals surface area contributed by atoms with Gasteiger partial charge < -0.3 is 4.74 Å². The van der Waals surface area contributed by atoms with Crippen LogP contribution >= 0.6 is 0 Å². The maximum absolute atomic E-state index is 11.6. The topological polar surface area (TPSA) is 68.3 Å². The molecule has 2 amide bonds. The molecule has 1 atom stereocenters. The van der Waals surface area contributed by atoms with Crippen LogP contribution in [0.4, 0.5) is 0 Å². The monoisotopic (exact) mass is 248 g/mol. The number of pyridine rings is 1. The van der Waals surface area contributed by atoms with Gasteiger partial charge in [-0.3, -0.25) is 19.9 Å². The lowest BCUT2D eigenvalue weighted by molar-refractivity contribution is -0.138. The Morgan fingerprint density at radius 1 is 1.39 bits per heavy atom. The maximum atomic E-state index is 11.6. The van der Waals surface area contributed by atoms with Crippen LogP contribution in [0, 0.1) is 0 Å². The van der Waals surface area contributed by atoms with E-state index in [2.05, 4.69) is 24.1 Å². The minimum absolute atomic E-state index is 0.242. The van der Waals surface area contributed by atoms with Crippen LogP contribution in [0.5, 0.6) is 5.75 Å². The molecule has 0 saturated carbocycles. The first kappa shape index (κ1) is 12.5. The van der Waals surface area contributed by atoms with Crippen molar-refractivity contribution < 1.29 is 14.3 Å². The highest BCUT2D eigenvalue weighted by molar-refractivity contribution is 5.99. The first-order valence-corrected chi connectivity index (χ1v) is 6.01. The van der Waals surface area contributed by atoms with Crippen molar-refractivity contribution in [2.45, 2.75) is 38.7 Å². The highest BCUT2D eigenvalue weighted by atomic mass is 16.5.